The van der Waals surface area contributed by atoms with Crippen LogP contribution in [0, 0.1) is 0 Å². The molecule has 0 aliphatic carbocycles. The van der Waals surface area contributed by atoms with Crippen LogP contribution in [0.25, 0.3) is 26.8 Å². The van der Waals surface area contributed by atoms with Crippen LogP contribution in [-0.2, 0) is 0 Å². The number of rotatable bonds is 3. The van der Waals surface area contributed by atoms with Crippen LogP contribution in [0.2, 0.25) is 0 Å². The second-order valence-electron chi connectivity index (χ2n) is 4.61. The van der Waals surface area contributed by atoms with Crippen LogP contribution in [-0.4, -0.2) is 14.8 Å². The summed E-state index contributed by atoms with van der Waals surface area (Å²) in [4.78, 5) is 4.46. The minimum atomic E-state index is -2.65. The fourth-order valence-corrected chi connectivity index (χ4v) is 3.13. The Balaban J connectivity index is 1.93. The number of hydrogen-bond donors (Lipinski definition) is 0. The molecule has 0 aliphatic heterocycles. The van der Waals surface area contributed by atoms with Gasteiger partial charge in [-0.3, -0.25) is 0 Å². The number of fused-ring (bicyclic) bond motifs is 1. The van der Waals surface area contributed by atoms with E-state index >= 15 is 0 Å². The summed E-state index contributed by atoms with van der Waals surface area (Å²) in [7, 11) is 0. The number of thiazole rings is 1. The molecule has 110 valence electrons. The van der Waals surface area contributed by atoms with Crippen LogP contribution in [0.15, 0.2) is 53.1 Å². The smallest absolute Gasteiger partial charge is 0.282 e. The molecule has 0 amide bonds. The van der Waals surface area contributed by atoms with Crippen LogP contribution in [0.3, 0.4) is 0 Å². The topological polar surface area (TPSA) is 43.9 Å². The first-order valence-electron chi connectivity index (χ1n) is 6.50. The maximum Gasteiger partial charge on any atom is 0.282 e. The van der Waals surface area contributed by atoms with Crippen LogP contribution < -0.4 is 0 Å². The summed E-state index contributed by atoms with van der Waals surface area (Å²) >= 11 is 1.39. The summed E-state index contributed by atoms with van der Waals surface area (Å²) in [6.45, 7) is 0. The van der Waals surface area contributed by atoms with Crippen LogP contribution in [0.5, 0.6) is 0 Å². The molecule has 0 spiro atoms. The van der Waals surface area contributed by atoms with E-state index in [-0.39, 0.29) is 5.69 Å². The molecule has 4 aromatic rings. The van der Waals surface area contributed by atoms with Gasteiger partial charge in [0.2, 0.25) is 5.13 Å². The maximum atomic E-state index is 13.0. The van der Waals surface area contributed by atoms with Gasteiger partial charge in [-0.05, 0) is 30.3 Å². The average Bonchev–Trinajstić information content (AvgIpc) is 3.24. The van der Waals surface area contributed by atoms with Gasteiger partial charge in [-0.15, -0.1) is 0 Å². The molecule has 0 atom stereocenters. The van der Waals surface area contributed by atoms with Gasteiger partial charge in [-0.1, -0.05) is 23.5 Å². The highest BCUT2D eigenvalue weighted by Gasteiger charge is 2.20. The zero-order valence-corrected chi connectivity index (χ0v) is 11.9. The molecule has 0 N–H and O–H groups in total. The van der Waals surface area contributed by atoms with E-state index in [1.807, 2.05) is 24.3 Å². The van der Waals surface area contributed by atoms with Gasteiger partial charge >= 0.3 is 0 Å². The molecule has 4 rings (SSSR count). The minimum absolute atomic E-state index is 0.300. The number of benzene rings is 1. The highest BCUT2D eigenvalue weighted by molar-refractivity contribution is 7.20. The third kappa shape index (κ3) is 2.10. The maximum absolute atomic E-state index is 13.0. The Morgan fingerprint density at radius 1 is 1.14 bits per heavy atom. The summed E-state index contributed by atoms with van der Waals surface area (Å²) in [5.74, 6) is 0.471. The summed E-state index contributed by atoms with van der Waals surface area (Å²) in [6, 6.07) is 12.3. The second-order valence-corrected chi connectivity index (χ2v) is 5.62. The van der Waals surface area contributed by atoms with E-state index in [1.165, 1.54) is 28.3 Å². The molecule has 3 heterocycles. The number of furan rings is 1. The highest BCUT2D eigenvalue weighted by atomic mass is 32.1. The lowest BCUT2D eigenvalue weighted by Crippen LogP contribution is -1.98. The van der Waals surface area contributed by atoms with Gasteiger partial charge in [0, 0.05) is 0 Å². The molecule has 1 aromatic carbocycles. The van der Waals surface area contributed by atoms with Crippen molar-refractivity contribution in [2.75, 3.05) is 0 Å². The van der Waals surface area contributed by atoms with Crippen molar-refractivity contribution in [2.45, 2.75) is 6.43 Å². The number of halogens is 2. The molecule has 0 bridgehead atoms. The zero-order chi connectivity index (χ0) is 15.1. The second kappa shape index (κ2) is 5.03. The lowest BCUT2D eigenvalue weighted by Gasteiger charge is -2.00. The third-order valence-corrected chi connectivity index (χ3v) is 4.20. The van der Waals surface area contributed by atoms with Gasteiger partial charge in [0.15, 0.2) is 5.76 Å². The number of nitrogens with zero attached hydrogens (tertiary/aromatic N) is 3. The SMILES string of the molecule is FC(F)c1cc(-c2ccco2)n(-c2nc3ccccc3s2)n1. The van der Waals surface area contributed by atoms with Gasteiger partial charge in [0.1, 0.15) is 11.4 Å². The monoisotopic (exact) mass is 317 g/mol. The van der Waals surface area contributed by atoms with Gasteiger partial charge in [0.25, 0.3) is 6.43 Å². The first kappa shape index (κ1) is 13.1. The first-order chi connectivity index (χ1) is 10.7. The fourth-order valence-electron chi connectivity index (χ4n) is 2.20. The first-order valence-corrected chi connectivity index (χ1v) is 7.32. The van der Waals surface area contributed by atoms with Crippen LogP contribution in [0.4, 0.5) is 8.78 Å². The van der Waals surface area contributed by atoms with Crippen molar-refractivity contribution < 1.29 is 13.2 Å². The molecular weight excluding hydrogens is 308 g/mol. The number of aromatic nitrogens is 3. The van der Waals surface area contributed by atoms with Crippen LogP contribution >= 0.6 is 11.3 Å². The van der Waals surface area contributed by atoms with Crippen LogP contribution in [0.1, 0.15) is 12.1 Å². The Hall–Kier alpha value is -2.54. The van der Waals surface area contributed by atoms with Crippen molar-refractivity contribution in [3.05, 3.63) is 54.4 Å². The minimum Gasteiger partial charge on any atom is -0.463 e. The quantitative estimate of drug-likeness (QED) is 0.551. The van der Waals surface area contributed by atoms with E-state index < -0.39 is 6.43 Å². The lowest BCUT2D eigenvalue weighted by molar-refractivity contribution is 0.145. The molecule has 0 saturated carbocycles. The van der Waals surface area contributed by atoms with E-state index in [0.717, 1.165) is 10.2 Å². The van der Waals surface area contributed by atoms with Crippen molar-refractivity contribution >= 4 is 21.6 Å². The van der Waals surface area contributed by atoms with E-state index in [1.54, 1.807) is 12.1 Å². The van der Waals surface area contributed by atoms with E-state index in [4.69, 9.17) is 4.42 Å². The third-order valence-electron chi connectivity index (χ3n) is 3.19. The Labute approximate surface area is 127 Å². The number of para-hydroxylation sites is 1. The number of alkyl halides is 2. The Morgan fingerprint density at radius 3 is 2.73 bits per heavy atom. The van der Waals surface area contributed by atoms with E-state index in [9.17, 15) is 8.78 Å². The fraction of sp³-hybridized carbons (Fsp3) is 0.0667. The largest absolute Gasteiger partial charge is 0.463 e. The Kier molecular flexibility index (Phi) is 3.00. The molecule has 22 heavy (non-hydrogen) atoms. The summed E-state index contributed by atoms with van der Waals surface area (Å²) in [5.41, 5.74) is 0.965. The lowest BCUT2D eigenvalue weighted by atomic mass is 10.3. The van der Waals surface area contributed by atoms with Gasteiger partial charge < -0.3 is 4.42 Å². The molecule has 7 heteroatoms. The molecule has 0 unspecified atom stereocenters. The Bertz CT molecular complexity index is 894. The predicted molar refractivity (Wildman–Crippen MR) is 79.4 cm³/mol. The molecule has 0 aliphatic rings. The zero-order valence-electron chi connectivity index (χ0n) is 11.1. The molecule has 4 nitrogen and oxygen atoms in total. The molecule has 0 radical (unpaired) electrons. The normalized spacial score (nSPS) is 11.6. The highest BCUT2D eigenvalue weighted by Crippen LogP contribution is 2.31. The molecule has 0 fully saturated rings. The standard InChI is InChI=1S/C15H9F2N3OS/c16-14(17)10-8-11(12-5-3-7-21-12)20(19-10)15-18-9-4-1-2-6-13(9)22-15/h1-8,14H. The average molecular weight is 317 g/mol. The number of hydrogen-bond acceptors (Lipinski definition) is 4. The summed E-state index contributed by atoms with van der Waals surface area (Å²) < 4.78 is 33.7. The van der Waals surface area contributed by atoms with Crippen molar-refractivity contribution in [2.24, 2.45) is 0 Å². The van der Waals surface area contributed by atoms with Crippen molar-refractivity contribution in [3.8, 4) is 16.6 Å². The molecule has 0 saturated heterocycles. The van der Waals surface area contributed by atoms with Gasteiger partial charge in [0.05, 0.1) is 16.5 Å². The van der Waals surface area contributed by atoms with E-state index in [2.05, 4.69) is 10.1 Å². The van der Waals surface area contributed by atoms with E-state index in [0.29, 0.717) is 16.6 Å². The summed E-state index contributed by atoms with van der Waals surface area (Å²) in [6.07, 6.45) is -1.16. The van der Waals surface area contributed by atoms with Crippen molar-refractivity contribution in [3.63, 3.8) is 0 Å². The van der Waals surface area contributed by atoms with Crippen molar-refractivity contribution in [1.29, 1.82) is 0 Å². The molecule has 3 aromatic heterocycles. The predicted octanol–water partition coefficient (Wildman–Crippen LogP) is 4.68. The van der Waals surface area contributed by atoms with Gasteiger partial charge in [-0.25, -0.2) is 18.4 Å². The molecular formula is C15H9F2N3OS. The summed E-state index contributed by atoms with van der Waals surface area (Å²) in [5, 5.41) is 4.51. The Morgan fingerprint density at radius 2 is 2.00 bits per heavy atom. The van der Waals surface area contributed by atoms with Crippen molar-refractivity contribution in [1.82, 2.24) is 14.8 Å². The van der Waals surface area contributed by atoms with Gasteiger partial charge in [-0.2, -0.15) is 5.10 Å².